The summed E-state index contributed by atoms with van der Waals surface area (Å²) in [6.07, 6.45) is -3.44. The summed E-state index contributed by atoms with van der Waals surface area (Å²) < 4.78 is 17.2. The van der Waals surface area contributed by atoms with Crippen molar-refractivity contribution in [3.05, 3.63) is 42.0 Å². The predicted molar refractivity (Wildman–Crippen MR) is 147 cm³/mol. The van der Waals surface area contributed by atoms with Gasteiger partial charge in [-0.2, -0.15) is 0 Å². The summed E-state index contributed by atoms with van der Waals surface area (Å²) in [7, 11) is 0. The maximum Gasteiger partial charge on any atom is 0.331 e. The summed E-state index contributed by atoms with van der Waals surface area (Å²) in [6, 6.07) is 3.96. The lowest BCUT2D eigenvalue weighted by atomic mass is 9.51. The molecular formula is C30H40O12. The van der Waals surface area contributed by atoms with Crippen LogP contribution < -0.4 is 0 Å². The van der Waals surface area contributed by atoms with Crippen LogP contribution >= 0.6 is 0 Å². The lowest BCUT2D eigenvalue weighted by Gasteiger charge is -2.58. The second-order valence-corrected chi connectivity index (χ2v) is 12.1. The van der Waals surface area contributed by atoms with E-state index in [1.165, 1.54) is 24.3 Å². The molecule has 1 aromatic rings. The zero-order chi connectivity index (χ0) is 31.0. The second kappa shape index (κ2) is 12.3. The number of phenols is 2. The van der Waals surface area contributed by atoms with Crippen molar-refractivity contribution in [1.29, 1.82) is 0 Å². The lowest BCUT2D eigenvalue weighted by Crippen LogP contribution is -2.63. The summed E-state index contributed by atoms with van der Waals surface area (Å²) in [5, 5.41) is 71.7. The summed E-state index contributed by atoms with van der Waals surface area (Å²) in [5.74, 6) is -3.50. The van der Waals surface area contributed by atoms with Crippen molar-refractivity contribution in [2.24, 2.45) is 17.3 Å². The first-order valence-corrected chi connectivity index (χ1v) is 14.0. The van der Waals surface area contributed by atoms with E-state index in [-0.39, 0.29) is 29.4 Å². The number of ether oxygens (including phenoxy) is 3. The molecule has 3 fully saturated rings. The van der Waals surface area contributed by atoms with E-state index in [1.54, 1.807) is 6.92 Å². The highest BCUT2D eigenvalue weighted by Gasteiger charge is 2.58. The molecule has 0 unspecified atom stereocenters. The molecule has 12 nitrogen and oxygen atoms in total. The van der Waals surface area contributed by atoms with Gasteiger partial charge in [0.05, 0.1) is 11.7 Å². The summed E-state index contributed by atoms with van der Waals surface area (Å²) >= 11 is 0. The molecular weight excluding hydrogens is 552 g/mol. The van der Waals surface area contributed by atoms with Crippen LogP contribution in [0, 0.1) is 17.3 Å². The van der Waals surface area contributed by atoms with E-state index < -0.39 is 72.3 Å². The Bertz CT molecular complexity index is 1210. The number of hydrogen-bond acceptors (Lipinski definition) is 11. The Morgan fingerprint density at radius 2 is 1.79 bits per heavy atom. The quantitative estimate of drug-likeness (QED) is 0.130. The van der Waals surface area contributed by atoms with Gasteiger partial charge in [0.15, 0.2) is 17.8 Å². The monoisotopic (exact) mass is 592 g/mol. The van der Waals surface area contributed by atoms with E-state index in [9.17, 15) is 45.3 Å². The Balaban J connectivity index is 1.47. The smallest absolute Gasteiger partial charge is 0.331 e. The van der Waals surface area contributed by atoms with Gasteiger partial charge in [-0.25, -0.2) is 9.59 Å². The molecule has 0 bridgehead atoms. The highest BCUT2D eigenvalue weighted by atomic mass is 16.7. The number of carboxylic acid groups (broad SMARTS) is 1. The molecule has 0 spiro atoms. The number of rotatable bonds is 8. The number of carboxylic acids is 1. The maximum atomic E-state index is 12.3. The summed E-state index contributed by atoms with van der Waals surface area (Å²) in [6.45, 7) is 6.92. The van der Waals surface area contributed by atoms with Crippen LogP contribution in [0.3, 0.4) is 0 Å². The van der Waals surface area contributed by atoms with Crippen LogP contribution in [-0.4, -0.2) is 96.7 Å². The Labute approximate surface area is 243 Å². The minimum absolute atomic E-state index is 0.00653. The van der Waals surface area contributed by atoms with Crippen molar-refractivity contribution >= 4 is 18.0 Å². The molecule has 7 N–H and O–H groups in total. The molecule has 2 aliphatic carbocycles. The van der Waals surface area contributed by atoms with Crippen LogP contribution in [0.25, 0.3) is 6.08 Å². The van der Waals surface area contributed by atoms with E-state index in [0.717, 1.165) is 6.08 Å². The molecule has 0 aromatic heterocycles. The molecule has 4 rings (SSSR count). The minimum Gasteiger partial charge on any atom is -0.504 e. The van der Waals surface area contributed by atoms with Crippen LogP contribution in [0.15, 0.2) is 36.4 Å². The lowest BCUT2D eigenvalue weighted by molar-refractivity contribution is -0.330. The number of phenolic OH excluding ortho intramolecular Hbond substituents is 2. The van der Waals surface area contributed by atoms with Crippen LogP contribution in [0.4, 0.5) is 0 Å². The third kappa shape index (κ3) is 6.48. The fourth-order valence-electron chi connectivity index (χ4n) is 6.72. The first-order chi connectivity index (χ1) is 19.6. The van der Waals surface area contributed by atoms with E-state index in [1.807, 2.05) is 6.92 Å². The zero-order valence-corrected chi connectivity index (χ0v) is 23.6. The predicted octanol–water partition coefficient (Wildman–Crippen LogP) is 1.46. The topological polar surface area (TPSA) is 203 Å². The molecule has 1 saturated heterocycles. The zero-order valence-electron chi connectivity index (χ0n) is 23.6. The van der Waals surface area contributed by atoms with Gasteiger partial charge in [0.1, 0.15) is 31.0 Å². The molecule has 12 heteroatoms. The summed E-state index contributed by atoms with van der Waals surface area (Å²) in [5.41, 5.74) is -1.30. The SMILES string of the molecule is C=C(C(=O)O)[C@@H]1C[C@H](O[C@H]2O[C@H](COC(=O)C=Cc3ccc(O)c(O)c3)[C@@H](O)[C@H](O)[C@H]2O)[C@]2(C)CCC[C@@](C)(O)[C@@H]2C1. The second-order valence-electron chi connectivity index (χ2n) is 12.1. The van der Waals surface area contributed by atoms with Crippen LogP contribution in [0.5, 0.6) is 11.5 Å². The number of aliphatic hydroxyl groups excluding tert-OH is 3. The molecule has 1 heterocycles. The number of carbonyl (C=O) groups excluding carboxylic acids is 1. The number of carbonyl (C=O) groups is 2. The van der Waals surface area contributed by atoms with Gasteiger partial charge >= 0.3 is 11.9 Å². The van der Waals surface area contributed by atoms with Gasteiger partial charge in [0.2, 0.25) is 0 Å². The molecule has 2 saturated carbocycles. The Hall–Kier alpha value is -3.00. The molecule has 0 radical (unpaired) electrons. The Kier molecular flexibility index (Phi) is 9.36. The average molecular weight is 593 g/mol. The van der Waals surface area contributed by atoms with Crippen molar-refractivity contribution in [1.82, 2.24) is 0 Å². The number of benzene rings is 1. The van der Waals surface area contributed by atoms with Crippen molar-refractivity contribution in [2.75, 3.05) is 6.61 Å². The van der Waals surface area contributed by atoms with Crippen molar-refractivity contribution < 1.29 is 59.5 Å². The van der Waals surface area contributed by atoms with Gasteiger partial charge in [-0.15, -0.1) is 0 Å². The molecule has 1 aliphatic heterocycles. The standard InChI is InChI=1S/C30H40O12/c1-15(27(37)38)17-12-21-29(2,9-4-10-30(21,3)39)22(13-17)42-28-26(36)25(35)24(34)20(41-28)14-40-23(33)8-6-16-5-7-18(31)19(32)11-16/h5-8,11,17,20-22,24-26,28,31-32,34-36,39H,1,4,9-10,12-14H2,2-3H3,(H,37,38)/t17-,20+,21+,22-,24+,25-,26+,28+,29+,30+/m0/s1. The van der Waals surface area contributed by atoms with E-state index in [0.29, 0.717) is 31.2 Å². The highest BCUT2D eigenvalue weighted by Crippen LogP contribution is 2.57. The number of aliphatic carboxylic acids is 1. The van der Waals surface area contributed by atoms with E-state index in [4.69, 9.17) is 14.2 Å². The fraction of sp³-hybridized carbons (Fsp3) is 0.600. The third-order valence-corrected chi connectivity index (χ3v) is 9.24. The molecule has 3 aliphatic rings. The molecule has 0 amide bonds. The molecule has 232 valence electrons. The Morgan fingerprint density at radius 1 is 1.07 bits per heavy atom. The molecule has 10 atom stereocenters. The molecule has 42 heavy (non-hydrogen) atoms. The fourth-order valence-corrected chi connectivity index (χ4v) is 6.72. The van der Waals surface area contributed by atoms with Gasteiger partial charge in [0.25, 0.3) is 0 Å². The first-order valence-electron chi connectivity index (χ1n) is 14.0. The minimum atomic E-state index is -1.70. The van der Waals surface area contributed by atoms with E-state index in [2.05, 4.69) is 6.58 Å². The normalized spacial score (nSPS) is 38.5. The van der Waals surface area contributed by atoms with Crippen LogP contribution in [-0.2, 0) is 23.8 Å². The summed E-state index contributed by atoms with van der Waals surface area (Å²) in [4.78, 5) is 24.1. The van der Waals surface area contributed by atoms with Crippen LogP contribution in [0.1, 0.15) is 51.5 Å². The van der Waals surface area contributed by atoms with Gasteiger partial charge in [-0.05, 0) is 80.1 Å². The maximum absolute atomic E-state index is 12.3. The Morgan fingerprint density at radius 3 is 2.45 bits per heavy atom. The number of aromatic hydroxyl groups is 2. The number of aliphatic hydroxyl groups is 4. The number of esters is 1. The number of hydrogen-bond donors (Lipinski definition) is 7. The van der Waals surface area contributed by atoms with Gasteiger partial charge in [-0.3, -0.25) is 0 Å². The average Bonchev–Trinajstić information content (AvgIpc) is 2.93. The van der Waals surface area contributed by atoms with Crippen molar-refractivity contribution in [3.63, 3.8) is 0 Å². The number of fused-ring (bicyclic) bond motifs is 1. The molecule has 1 aromatic carbocycles. The van der Waals surface area contributed by atoms with Crippen LogP contribution in [0.2, 0.25) is 0 Å². The van der Waals surface area contributed by atoms with Gasteiger partial charge in [0, 0.05) is 11.6 Å². The van der Waals surface area contributed by atoms with E-state index >= 15 is 0 Å². The highest BCUT2D eigenvalue weighted by molar-refractivity contribution is 5.87. The van der Waals surface area contributed by atoms with Gasteiger partial charge < -0.3 is 50.0 Å². The largest absolute Gasteiger partial charge is 0.504 e. The first kappa shape index (κ1) is 31.9. The van der Waals surface area contributed by atoms with Gasteiger partial charge in [-0.1, -0.05) is 19.6 Å². The third-order valence-electron chi connectivity index (χ3n) is 9.24. The van der Waals surface area contributed by atoms with Crippen molar-refractivity contribution in [3.8, 4) is 11.5 Å². The van der Waals surface area contributed by atoms with Crippen molar-refractivity contribution in [2.45, 2.75) is 88.4 Å².